The lowest BCUT2D eigenvalue weighted by Crippen LogP contribution is -2.56. The van der Waals surface area contributed by atoms with Gasteiger partial charge in [-0.15, -0.1) is 0 Å². The first kappa shape index (κ1) is 30.1. The molecule has 2 aromatic rings. The van der Waals surface area contributed by atoms with Crippen LogP contribution in [0.25, 0.3) is 0 Å². The number of nitrogens with one attached hydrogen (secondary N) is 3. The van der Waals surface area contributed by atoms with Gasteiger partial charge in [-0.2, -0.15) is 5.26 Å². The van der Waals surface area contributed by atoms with Gasteiger partial charge in [-0.05, 0) is 56.8 Å². The summed E-state index contributed by atoms with van der Waals surface area (Å²) in [5, 5.41) is 19.4. The Balaban J connectivity index is 1.65. The largest absolute Gasteiger partial charge is 0.363 e. The number of carbonyl (C=O) groups excluding carboxylic acids is 2. The van der Waals surface area contributed by atoms with E-state index in [0.29, 0.717) is 55.6 Å². The van der Waals surface area contributed by atoms with Gasteiger partial charge >= 0.3 is 0 Å². The second-order valence-electron chi connectivity index (χ2n) is 9.80. The summed E-state index contributed by atoms with van der Waals surface area (Å²) >= 11 is 6.05. The molecule has 2 atom stereocenters. The third-order valence-corrected chi connectivity index (χ3v) is 7.51. The minimum atomic E-state index is -1.07. The van der Waals surface area contributed by atoms with Crippen molar-refractivity contribution in [2.24, 2.45) is 0 Å². The summed E-state index contributed by atoms with van der Waals surface area (Å²) in [7, 11) is 1.83. The van der Waals surface area contributed by atoms with Crippen molar-refractivity contribution in [3.05, 3.63) is 88.0 Å². The highest BCUT2D eigenvalue weighted by Crippen LogP contribution is 2.33. The molecule has 4 rings (SSSR count). The van der Waals surface area contributed by atoms with Crippen molar-refractivity contribution in [1.82, 2.24) is 30.7 Å². The number of aromatic nitrogens is 1. The van der Waals surface area contributed by atoms with Gasteiger partial charge in [-0.25, -0.2) is 0 Å². The highest BCUT2D eigenvalue weighted by Gasteiger charge is 2.40. The smallest absolute Gasteiger partial charge is 0.269 e. The Labute approximate surface area is 246 Å². The quantitative estimate of drug-likeness (QED) is 0.369. The van der Waals surface area contributed by atoms with Crippen molar-refractivity contribution in [2.75, 3.05) is 46.4 Å². The summed E-state index contributed by atoms with van der Waals surface area (Å²) in [5.41, 5.74) is 1.42. The predicted octanol–water partition coefficient (Wildman–Crippen LogP) is 2.74. The molecule has 0 aliphatic carbocycles. The number of amides is 2. The van der Waals surface area contributed by atoms with Gasteiger partial charge in [0, 0.05) is 68.4 Å². The number of halogens is 1. The van der Waals surface area contributed by atoms with Crippen molar-refractivity contribution in [3.8, 4) is 6.07 Å². The third kappa shape index (κ3) is 6.54. The Morgan fingerprint density at radius 2 is 2.10 bits per heavy atom. The fourth-order valence-corrected chi connectivity index (χ4v) is 5.36. The van der Waals surface area contributed by atoms with Crippen molar-refractivity contribution in [2.45, 2.75) is 32.0 Å². The van der Waals surface area contributed by atoms with E-state index in [1.165, 1.54) is 6.07 Å². The van der Waals surface area contributed by atoms with Gasteiger partial charge in [0.15, 0.2) is 5.72 Å². The predicted molar refractivity (Wildman–Crippen MR) is 157 cm³/mol. The molecule has 3 N–H and O–H groups in total. The molecule has 1 fully saturated rings. The Morgan fingerprint density at radius 3 is 2.78 bits per heavy atom. The number of rotatable bonds is 10. The maximum atomic E-state index is 13.6. The molecule has 0 bridgehead atoms. The number of piperazine rings is 1. The first-order valence-corrected chi connectivity index (χ1v) is 14.2. The number of nitrogens with zero attached hydrogens (tertiary/aromatic N) is 4. The zero-order valence-electron chi connectivity index (χ0n) is 23.6. The Kier molecular flexibility index (Phi) is 10.00. The molecule has 10 nitrogen and oxygen atoms in total. The van der Waals surface area contributed by atoms with Gasteiger partial charge < -0.3 is 30.5 Å². The van der Waals surface area contributed by atoms with Gasteiger partial charge in [0.05, 0.1) is 16.8 Å². The van der Waals surface area contributed by atoms with E-state index in [-0.39, 0.29) is 23.4 Å². The number of nitriles is 1. The second kappa shape index (κ2) is 13.6. The summed E-state index contributed by atoms with van der Waals surface area (Å²) in [6.45, 7) is 6.81. The topological polar surface area (TPSA) is 123 Å². The van der Waals surface area contributed by atoms with E-state index in [4.69, 9.17) is 16.3 Å². The fourth-order valence-electron chi connectivity index (χ4n) is 5.19. The van der Waals surface area contributed by atoms with Crippen LogP contribution in [0.1, 0.15) is 41.8 Å². The van der Waals surface area contributed by atoms with Gasteiger partial charge in [0.2, 0.25) is 0 Å². The first-order chi connectivity index (χ1) is 19.9. The summed E-state index contributed by atoms with van der Waals surface area (Å²) in [6.07, 6.45) is 8.00. The van der Waals surface area contributed by atoms with Crippen LogP contribution in [0.15, 0.2) is 66.3 Å². The van der Waals surface area contributed by atoms with E-state index < -0.39 is 5.72 Å². The minimum absolute atomic E-state index is 0.0647. The molecule has 1 aromatic heterocycles. The van der Waals surface area contributed by atoms with Gasteiger partial charge in [-0.3, -0.25) is 14.6 Å². The molecule has 1 saturated heterocycles. The van der Waals surface area contributed by atoms with Gasteiger partial charge in [0.25, 0.3) is 11.8 Å². The third-order valence-electron chi connectivity index (χ3n) is 7.28. The molecule has 0 saturated carbocycles. The van der Waals surface area contributed by atoms with Crippen LogP contribution in [-0.2, 0) is 15.3 Å². The fraction of sp³-hybridized carbons (Fsp3) is 0.400. The van der Waals surface area contributed by atoms with Crippen LogP contribution < -0.4 is 16.0 Å². The van der Waals surface area contributed by atoms with Crippen molar-refractivity contribution >= 4 is 23.4 Å². The Morgan fingerprint density at radius 1 is 1.27 bits per heavy atom. The van der Waals surface area contributed by atoms with Crippen molar-refractivity contribution in [3.63, 3.8) is 0 Å². The van der Waals surface area contributed by atoms with E-state index in [1.54, 1.807) is 29.4 Å². The maximum Gasteiger partial charge on any atom is 0.269 e. The van der Waals surface area contributed by atoms with Crippen LogP contribution in [0, 0.1) is 11.3 Å². The van der Waals surface area contributed by atoms with E-state index in [2.05, 4.69) is 38.8 Å². The van der Waals surface area contributed by atoms with Crippen molar-refractivity contribution in [1.29, 1.82) is 5.26 Å². The highest BCUT2D eigenvalue weighted by molar-refractivity contribution is 6.30. The number of allylic oxidation sites excluding steroid dienone is 1. The number of carbonyl (C=O) groups is 2. The molecule has 0 radical (unpaired) electrons. The van der Waals surface area contributed by atoms with E-state index in [9.17, 15) is 14.9 Å². The summed E-state index contributed by atoms with van der Waals surface area (Å²) in [6, 6.07) is 10.5. The normalized spacial score (nSPS) is 20.4. The van der Waals surface area contributed by atoms with Crippen LogP contribution in [0.5, 0.6) is 0 Å². The molecular weight excluding hydrogens is 542 g/mol. The summed E-state index contributed by atoms with van der Waals surface area (Å²) in [4.78, 5) is 35.3. The van der Waals surface area contributed by atoms with E-state index in [1.807, 2.05) is 38.3 Å². The highest BCUT2D eigenvalue weighted by atomic mass is 35.5. The SMILES string of the molecule is CCOC1(c2cccnc2)C=CC(N2CCN(C(=O)c3ccc(Cl)cc3C#N)C[C@H]2CC)=C(C(=O)NCCNC)N1. The van der Waals surface area contributed by atoms with Crippen LogP contribution in [0.3, 0.4) is 0 Å². The maximum absolute atomic E-state index is 13.6. The monoisotopic (exact) mass is 577 g/mol. The Hall–Kier alpha value is -3.91. The lowest BCUT2D eigenvalue weighted by molar-refractivity contribution is -0.119. The number of dihydropyridines is 1. The number of likely N-dealkylation sites (N-methyl/N-ethyl adjacent to an activating group) is 1. The average Bonchev–Trinajstić information content (AvgIpc) is 3.01. The summed E-state index contributed by atoms with van der Waals surface area (Å²) in [5.74, 6) is -0.458. The van der Waals surface area contributed by atoms with E-state index >= 15 is 0 Å². The standard InChI is InChI=1S/C30H36ClN7O3/c1-4-24-20-37(29(40)25-9-8-23(31)17-21(25)18-32)15-16-38(24)26-10-11-30(41-5-2,22-7-6-12-34-19-22)36-27(26)28(39)35-14-13-33-3/h6-12,17,19,24,33,36H,4-5,13-16,20H2,1-3H3,(H,35,39)/t24-,30?/m1/s1. The summed E-state index contributed by atoms with van der Waals surface area (Å²) < 4.78 is 6.21. The molecule has 2 amide bonds. The van der Waals surface area contributed by atoms with Gasteiger partial charge in [-0.1, -0.05) is 24.6 Å². The Bertz CT molecular complexity index is 1360. The van der Waals surface area contributed by atoms with Crippen LogP contribution in [-0.4, -0.2) is 79.0 Å². The molecule has 0 spiro atoms. The van der Waals surface area contributed by atoms with Crippen molar-refractivity contribution < 1.29 is 14.3 Å². The molecule has 1 unspecified atom stereocenters. The first-order valence-electron chi connectivity index (χ1n) is 13.8. The second-order valence-corrected chi connectivity index (χ2v) is 10.2. The number of hydrogen-bond acceptors (Lipinski definition) is 8. The van der Waals surface area contributed by atoms with Crippen LogP contribution in [0.2, 0.25) is 5.02 Å². The number of ether oxygens (including phenoxy) is 1. The number of benzene rings is 1. The molecule has 41 heavy (non-hydrogen) atoms. The van der Waals surface area contributed by atoms with E-state index in [0.717, 1.165) is 17.7 Å². The molecule has 2 aliphatic heterocycles. The van der Waals surface area contributed by atoms with Crippen LogP contribution in [0.4, 0.5) is 0 Å². The molecule has 2 aliphatic rings. The molecule has 3 heterocycles. The molecular formula is C30H36ClN7O3. The lowest BCUT2D eigenvalue weighted by atomic mass is 9.97. The molecule has 11 heteroatoms. The minimum Gasteiger partial charge on any atom is -0.363 e. The average molecular weight is 578 g/mol. The zero-order chi connectivity index (χ0) is 29.4. The number of pyridine rings is 1. The van der Waals surface area contributed by atoms with Crippen LogP contribution >= 0.6 is 11.6 Å². The number of hydrogen-bond donors (Lipinski definition) is 3. The molecule has 1 aromatic carbocycles. The zero-order valence-corrected chi connectivity index (χ0v) is 24.4. The van der Waals surface area contributed by atoms with Gasteiger partial charge in [0.1, 0.15) is 11.8 Å². The molecule has 216 valence electrons. The lowest BCUT2D eigenvalue weighted by Gasteiger charge is -2.45.